The summed E-state index contributed by atoms with van der Waals surface area (Å²) < 4.78 is 5.22. The molecule has 0 spiro atoms. The molecule has 0 bridgehead atoms. The van der Waals surface area contributed by atoms with Crippen molar-refractivity contribution in [1.82, 2.24) is 10.2 Å². The molecule has 6 rings (SSSR count). The van der Waals surface area contributed by atoms with Crippen LogP contribution in [0.3, 0.4) is 0 Å². The molecular weight excluding hydrogens is 833 g/mol. The first-order chi connectivity index (χ1) is 23.3. The summed E-state index contributed by atoms with van der Waals surface area (Å²) in [6.07, 6.45) is 6.00. The average molecular weight is 884 g/mol. The number of aliphatic hydroxyl groups excluding tert-OH is 1. The van der Waals surface area contributed by atoms with E-state index in [2.05, 4.69) is 100 Å². The van der Waals surface area contributed by atoms with Gasteiger partial charge in [0.05, 0.1) is 11.5 Å². The van der Waals surface area contributed by atoms with Gasteiger partial charge in [-0.2, -0.15) is 10.2 Å². The van der Waals surface area contributed by atoms with Crippen LogP contribution in [0.4, 0.5) is 0 Å². The van der Waals surface area contributed by atoms with Gasteiger partial charge in [-0.25, -0.2) is 0 Å². The molecule has 0 saturated heterocycles. The van der Waals surface area contributed by atoms with Crippen LogP contribution in [0.25, 0.3) is 51.6 Å². The Kier molecular flexibility index (Phi) is 13.2. The van der Waals surface area contributed by atoms with Crippen LogP contribution in [0.15, 0.2) is 54.3 Å². The summed E-state index contributed by atoms with van der Waals surface area (Å²) >= 11 is 3.73. The fourth-order valence-electron chi connectivity index (χ4n) is 6.86. The summed E-state index contributed by atoms with van der Waals surface area (Å²) in [4.78, 5) is 11.7. The van der Waals surface area contributed by atoms with E-state index in [0.717, 1.165) is 54.6 Å². The molecule has 4 nitrogen and oxygen atoms in total. The Morgan fingerprint density at radius 3 is 2.06 bits per heavy atom. The number of carbonyl (C=O) groups excluding carboxylic acids is 1. The zero-order valence-electron chi connectivity index (χ0n) is 31.2. The van der Waals surface area contributed by atoms with Crippen molar-refractivity contribution >= 4 is 68.8 Å². The van der Waals surface area contributed by atoms with Crippen LogP contribution in [0.5, 0.6) is 0 Å². The van der Waals surface area contributed by atoms with E-state index >= 15 is 0 Å². The van der Waals surface area contributed by atoms with Gasteiger partial charge >= 0.3 is 0 Å². The number of aliphatic hydroxyl groups is 1. The molecule has 0 aliphatic rings. The van der Waals surface area contributed by atoms with Gasteiger partial charge in [0.25, 0.3) is 0 Å². The minimum atomic E-state index is 0. The maximum absolute atomic E-state index is 11.7. The van der Waals surface area contributed by atoms with Crippen molar-refractivity contribution in [3.63, 3.8) is 0 Å². The number of thiophene rings is 2. The van der Waals surface area contributed by atoms with Crippen molar-refractivity contribution in [1.29, 1.82) is 0 Å². The van der Waals surface area contributed by atoms with Crippen molar-refractivity contribution in [2.45, 2.75) is 101 Å². The third kappa shape index (κ3) is 8.73. The molecule has 50 heavy (non-hydrogen) atoms. The second-order valence-corrected chi connectivity index (χ2v) is 16.8. The van der Waals surface area contributed by atoms with E-state index in [1.807, 2.05) is 50.4 Å². The predicted octanol–water partition coefficient (Wildman–Crippen LogP) is 13.1. The topological polar surface area (TPSA) is 63.1 Å². The van der Waals surface area contributed by atoms with Crippen molar-refractivity contribution in [2.24, 2.45) is 17.3 Å². The molecule has 0 aliphatic carbocycles. The number of benzene rings is 3. The Balaban J connectivity index is 0.000000301. The summed E-state index contributed by atoms with van der Waals surface area (Å²) in [6.45, 7) is 21.3. The number of fused-ring (bicyclic) bond motifs is 6. The van der Waals surface area contributed by atoms with Crippen LogP contribution in [0.1, 0.15) is 96.5 Å². The first kappa shape index (κ1) is 39.8. The summed E-state index contributed by atoms with van der Waals surface area (Å²) in [5.41, 5.74) is 7.01. The number of aromatic nitrogens is 2. The minimum Gasteiger partial charge on any atom is -0.512 e. The van der Waals surface area contributed by atoms with Crippen LogP contribution in [0, 0.1) is 44.1 Å². The molecule has 1 radical (unpaired) electrons. The molecule has 6 aromatic rings. The van der Waals surface area contributed by atoms with E-state index in [-0.39, 0.29) is 48.9 Å². The molecule has 0 unspecified atom stereocenters. The van der Waals surface area contributed by atoms with Gasteiger partial charge in [-0.3, -0.25) is 4.79 Å². The number of allylic oxidation sites excluding steroid dienone is 2. The average Bonchev–Trinajstić information content (AvgIpc) is 3.57. The predicted molar refractivity (Wildman–Crippen MR) is 213 cm³/mol. The maximum Gasteiger partial charge on any atom is 0.162 e. The summed E-state index contributed by atoms with van der Waals surface area (Å²) in [5, 5.41) is 24.2. The summed E-state index contributed by atoms with van der Waals surface area (Å²) in [6, 6.07) is 19.6. The first-order valence-electron chi connectivity index (χ1n) is 17.8. The number of carbonyl (C=O) groups is 1. The fourth-order valence-corrected chi connectivity index (χ4v) is 9.32. The molecule has 0 fully saturated rings. The van der Waals surface area contributed by atoms with Crippen LogP contribution in [-0.2, 0) is 31.3 Å². The fraction of sp³-hybridized carbons (Fsp3) is 0.419. The smallest absolute Gasteiger partial charge is 0.162 e. The molecule has 3 aromatic heterocycles. The van der Waals surface area contributed by atoms with E-state index in [1.54, 1.807) is 0 Å². The van der Waals surface area contributed by atoms with Gasteiger partial charge in [0.2, 0.25) is 0 Å². The standard InChI is InChI=1S/C30H27N2S2.C13H24O2.Ir/c1-16-9-17(2)11-20(10-16)28-29-27(18(3)31-32-28)23-14-25-22(13-26(23)34-29)21-8-7-19(12-24(21)33-25)15-30(4,5)6;1-5-10(6-2)12(14)9-13(15)11(7-3)8-4;/h7-10,12-14H,15H2,1-6H3;9-11,14H,5-8H2,1-4H3;/q-1;;/b;12-9-;. The van der Waals surface area contributed by atoms with E-state index in [1.165, 1.54) is 57.5 Å². The number of hydrogen-bond donors (Lipinski definition) is 1. The number of hydrogen-bond acceptors (Lipinski definition) is 6. The molecular formula is C43H51IrN2O2S2-. The van der Waals surface area contributed by atoms with Gasteiger partial charge in [0.1, 0.15) is 0 Å². The third-order valence-electron chi connectivity index (χ3n) is 9.44. The molecule has 3 aromatic carbocycles. The van der Waals surface area contributed by atoms with Crippen LogP contribution in [-0.4, -0.2) is 21.1 Å². The Morgan fingerprint density at radius 1 is 0.820 bits per heavy atom. The molecule has 0 aliphatic heterocycles. The zero-order valence-corrected chi connectivity index (χ0v) is 35.2. The van der Waals surface area contributed by atoms with E-state index in [4.69, 9.17) is 0 Å². The number of rotatable bonds is 9. The first-order valence-corrected chi connectivity index (χ1v) is 19.4. The molecule has 0 amide bonds. The number of nitrogens with zero attached hydrogens (tertiary/aromatic N) is 2. The second-order valence-electron chi connectivity index (χ2n) is 14.7. The van der Waals surface area contributed by atoms with Crippen molar-refractivity contribution in [3.8, 4) is 11.3 Å². The van der Waals surface area contributed by atoms with Gasteiger partial charge in [-0.15, -0.1) is 57.6 Å². The number of aryl methyl sites for hydroxylation is 3. The summed E-state index contributed by atoms with van der Waals surface area (Å²) in [7, 11) is 0. The molecule has 3 heterocycles. The minimum absolute atomic E-state index is 0. The molecule has 0 atom stereocenters. The van der Waals surface area contributed by atoms with Crippen molar-refractivity contribution in [2.75, 3.05) is 0 Å². The van der Waals surface area contributed by atoms with E-state index in [9.17, 15) is 9.90 Å². The van der Waals surface area contributed by atoms with Gasteiger partial charge in [-0.05, 0) is 68.2 Å². The van der Waals surface area contributed by atoms with Crippen molar-refractivity contribution < 1.29 is 30.0 Å². The maximum atomic E-state index is 11.7. The van der Waals surface area contributed by atoms with Gasteiger partial charge in [-0.1, -0.05) is 74.4 Å². The normalized spacial score (nSPS) is 12.3. The van der Waals surface area contributed by atoms with Gasteiger partial charge < -0.3 is 5.11 Å². The zero-order chi connectivity index (χ0) is 35.6. The Labute approximate surface area is 319 Å². The molecule has 1 N–H and O–H groups in total. The Bertz CT molecular complexity index is 2140. The van der Waals surface area contributed by atoms with Crippen LogP contribution >= 0.6 is 22.7 Å². The Hall–Kier alpha value is -2.96. The molecule has 0 saturated carbocycles. The largest absolute Gasteiger partial charge is 0.512 e. The second kappa shape index (κ2) is 16.6. The molecule has 7 heteroatoms. The van der Waals surface area contributed by atoms with Gasteiger partial charge in [0.15, 0.2) is 5.78 Å². The van der Waals surface area contributed by atoms with Crippen LogP contribution < -0.4 is 0 Å². The number of ketones is 1. The quantitative estimate of drug-likeness (QED) is 0.0893. The van der Waals surface area contributed by atoms with E-state index < -0.39 is 0 Å². The summed E-state index contributed by atoms with van der Waals surface area (Å²) in [5.74, 6) is 0.547. The van der Waals surface area contributed by atoms with E-state index in [0.29, 0.717) is 0 Å². The van der Waals surface area contributed by atoms with Crippen molar-refractivity contribution in [3.05, 3.63) is 82.8 Å². The monoisotopic (exact) mass is 884 g/mol. The third-order valence-corrected chi connectivity index (χ3v) is 11.7. The SMILES string of the molecule is CCC(CC)C(=O)/C=C(\O)C(CC)CC.Cc1[c-]c(-c2nnc(C)c3c2sc2cc4c(cc23)sc2cc(CC(C)(C)C)ccc24)cc(C)c1.[Ir]. The van der Waals surface area contributed by atoms with Gasteiger partial charge in [0, 0.05) is 84.1 Å². The molecule has 267 valence electrons. The Morgan fingerprint density at radius 2 is 1.44 bits per heavy atom. The van der Waals surface area contributed by atoms with Crippen LogP contribution in [0.2, 0.25) is 0 Å².